The van der Waals surface area contributed by atoms with Crippen LogP contribution in [0.1, 0.15) is 37.7 Å². The Bertz CT molecular complexity index is 315. The van der Waals surface area contributed by atoms with Crippen LogP contribution in [0.2, 0.25) is 0 Å². The molecule has 1 aromatic heterocycles. The van der Waals surface area contributed by atoms with E-state index in [4.69, 9.17) is 0 Å². The summed E-state index contributed by atoms with van der Waals surface area (Å²) in [5.74, 6) is 0. The first-order valence-electron chi connectivity index (χ1n) is 5.97. The Morgan fingerprint density at radius 3 is 2.69 bits per heavy atom. The van der Waals surface area contributed by atoms with Crippen LogP contribution < -0.4 is 5.32 Å². The average Bonchev–Trinajstić information content (AvgIpc) is 2.83. The molecule has 1 unspecified atom stereocenters. The maximum atomic E-state index is 4.41. The van der Waals surface area contributed by atoms with Gasteiger partial charge in [-0.15, -0.1) is 11.3 Å². The van der Waals surface area contributed by atoms with Crippen molar-refractivity contribution in [1.82, 2.24) is 15.2 Å². The van der Waals surface area contributed by atoms with Crippen LogP contribution in [0.3, 0.4) is 0 Å². The number of rotatable bonds is 3. The summed E-state index contributed by atoms with van der Waals surface area (Å²) in [6.45, 7) is 6.91. The molecule has 0 saturated carbocycles. The van der Waals surface area contributed by atoms with Crippen molar-refractivity contribution in [3.05, 3.63) is 16.6 Å². The van der Waals surface area contributed by atoms with Gasteiger partial charge in [0.15, 0.2) is 0 Å². The van der Waals surface area contributed by atoms with Crippen molar-refractivity contribution in [2.45, 2.75) is 38.3 Å². The number of thiazole rings is 1. The second kappa shape index (κ2) is 4.82. The molecule has 0 aliphatic carbocycles. The van der Waals surface area contributed by atoms with E-state index in [1.54, 1.807) is 11.3 Å². The third-order valence-corrected chi connectivity index (χ3v) is 4.81. The van der Waals surface area contributed by atoms with Crippen LogP contribution >= 0.6 is 11.3 Å². The van der Waals surface area contributed by atoms with Gasteiger partial charge in [-0.2, -0.15) is 0 Å². The van der Waals surface area contributed by atoms with E-state index in [2.05, 4.69) is 41.5 Å². The number of hydrogen-bond acceptors (Lipinski definition) is 4. The highest BCUT2D eigenvalue weighted by molar-refractivity contribution is 7.09. The summed E-state index contributed by atoms with van der Waals surface area (Å²) < 4.78 is 0. The van der Waals surface area contributed by atoms with Crippen LogP contribution in [-0.2, 0) is 0 Å². The van der Waals surface area contributed by atoms with Crippen LogP contribution in [0.15, 0.2) is 11.6 Å². The zero-order valence-corrected chi connectivity index (χ0v) is 11.2. The van der Waals surface area contributed by atoms with Crippen molar-refractivity contribution in [3.63, 3.8) is 0 Å². The molecule has 0 bridgehead atoms. The van der Waals surface area contributed by atoms with E-state index in [9.17, 15) is 0 Å². The summed E-state index contributed by atoms with van der Waals surface area (Å²) in [6.07, 6.45) is 4.34. The summed E-state index contributed by atoms with van der Waals surface area (Å²) >= 11 is 1.76. The van der Waals surface area contributed by atoms with Gasteiger partial charge in [0.2, 0.25) is 0 Å². The number of aromatic nitrogens is 1. The highest BCUT2D eigenvalue weighted by atomic mass is 32.1. The molecule has 2 heterocycles. The van der Waals surface area contributed by atoms with Gasteiger partial charge in [-0.05, 0) is 33.7 Å². The van der Waals surface area contributed by atoms with E-state index in [0.717, 1.165) is 13.1 Å². The number of piperidine rings is 1. The Hall–Kier alpha value is -0.450. The fourth-order valence-corrected chi connectivity index (χ4v) is 2.98. The summed E-state index contributed by atoms with van der Waals surface area (Å²) in [4.78, 5) is 6.95. The number of likely N-dealkylation sites (tertiary alicyclic amines) is 1. The quantitative estimate of drug-likeness (QED) is 0.877. The average molecular weight is 239 g/mol. The first-order chi connectivity index (χ1) is 7.64. The summed E-state index contributed by atoms with van der Waals surface area (Å²) in [7, 11) is 2.07. The molecule has 1 N–H and O–H groups in total. The molecule has 16 heavy (non-hydrogen) atoms. The number of nitrogens with one attached hydrogen (secondary N) is 1. The minimum absolute atomic E-state index is 0.332. The molecular formula is C12H21N3S. The van der Waals surface area contributed by atoms with E-state index in [1.165, 1.54) is 17.8 Å². The van der Waals surface area contributed by atoms with Crippen LogP contribution in [0.5, 0.6) is 0 Å². The molecular weight excluding hydrogens is 218 g/mol. The maximum absolute atomic E-state index is 4.41. The second-order valence-corrected chi connectivity index (χ2v) is 5.82. The Morgan fingerprint density at radius 1 is 1.50 bits per heavy atom. The van der Waals surface area contributed by atoms with Crippen molar-refractivity contribution < 1.29 is 0 Å². The highest BCUT2D eigenvalue weighted by Gasteiger charge is 2.30. The van der Waals surface area contributed by atoms with Crippen LogP contribution in [0.4, 0.5) is 0 Å². The number of nitrogens with zero attached hydrogens (tertiary/aromatic N) is 2. The monoisotopic (exact) mass is 239 g/mol. The molecule has 1 aromatic rings. The fourth-order valence-electron chi connectivity index (χ4n) is 2.25. The lowest BCUT2D eigenvalue weighted by Gasteiger charge is -2.41. The molecule has 1 aliphatic rings. The van der Waals surface area contributed by atoms with Crippen molar-refractivity contribution in [3.8, 4) is 0 Å². The Balaban J connectivity index is 1.94. The van der Waals surface area contributed by atoms with Crippen LogP contribution in [0.25, 0.3) is 0 Å². The predicted molar refractivity (Wildman–Crippen MR) is 68.8 cm³/mol. The molecule has 0 radical (unpaired) electrons. The molecule has 4 heteroatoms. The standard InChI is InChI=1S/C12H21N3S/c1-10(11-14-6-9-16-11)15-7-4-12(2,13-3)5-8-15/h6,9-10,13H,4-5,7-8H2,1-3H3. The lowest BCUT2D eigenvalue weighted by molar-refractivity contribution is 0.117. The highest BCUT2D eigenvalue weighted by Crippen LogP contribution is 2.29. The van der Waals surface area contributed by atoms with Gasteiger partial charge in [-0.1, -0.05) is 0 Å². The summed E-state index contributed by atoms with van der Waals surface area (Å²) in [5.41, 5.74) is 0.332. The molecule has 1 saturated heterocycles. The SMILES string of the molecule is CNC1(C)CCN(C(C)c2nccs2)CC1. The zero-order valence-electron chi connectivity index (χ0n) is 10.4. The van der Waals surface area contributed by atoms with Gasteiger partial charge < -0.3 is 5.32 Å². The molecule has 90 valence electrons. The van der Waals surface area contributed by atoms with E-state index in [-0.39, 0.29) is 0 Å². The van der Waals surface area contributed by atoms with E-state index < -0.39 is 0 Å². The summed E-state index contributed by atoms with van der Waals surface area (Å²) in [5, 5.41) is 6.74. The molecule has 0 aromatic carbocycles. The smallest absolute Gasteiger partial charge is 0.109 e. The van der Waals surface area contributed by atoms with Gasteiger partial charge in [0.05, 0.1) is 6.04 Å². The van der Waals surface area contributed by atoms with E-state index in [0.29, 0.717) is 11.6 Å². The van der Waals surface area contributed by atoms with Crippen LogP contribution in [0, 0.1) is 0 Å². The normalized spacial score (nSPS) is 23.2. The van der Waals surface area contributed by atoms with Gasteiger partial charge in [0.1, 0.15) is 5.01 Å². The largest absolute Gasteiger partial charge is 0.314 e. The van der Waals surface area contributed by atoms with Crippen molar-refractivity contribution in [2.24, 2.45) is 0 Å². The van der Waals surface area contributed by atoms with E-state index in [1.807, 2.05) is 6.20 Å². The molecule has 1 atom stereocenters. The Kier molecular flexibility index (Phi) is 3.62. The molecule has 0 spiro atoms. The minimum Gasteiger partial charge on any atom is -0.314 e. The van der Waals surface area contributed by atoms with Gasteiger partial charge in [0.25, 0.3) is 0 Å². The first kappa shape index (κ1) is 12.0. The zero-order chi connectivity index (χ0) is 11.6. The fraction of sp³-hybridized carbons (Fsp3) is 0.750. The number of hydrogen-bond donors (Lipinski definition) is 1. The van der Waals surface area contributed by atoms with E-state index >= 15 is 0 Å². The lowest BCUT2D eigenvalue weighted by Crippen LogP contribution is -2.50. The van der Waals surface area contributed by atoms with Gasteiger partial charge in [0, 0.05) is 30.2 Å². The summed E-state index contributed by atoms with van der Waals surface area (Å²) in [6, 6.07) is 0.474. The Labute approximate surface area is 102 Å². The third kappa shape index (κ3) is 2.44. The van der Waals surface area contributed by atoms with Crippen molar-refractivity contribution in [1.29, 1.82) is 0 Å². The minimum atomic E-state index is 0.332. The Morgan fingerprint density at radius 2 is 2.19 bits per heavy atom. The van der Waals surface area contributed by atoms with Gasteiger partial charge in [-0.25, -0.2) is 4.98 Å². The molecule has 0 amide bonds. The van der Waals surface area contributed by atoms with Gasteiger partial charge >= 0.3 is 0 Å². The topological polar surface area (TPSA) is 28.2 Å². The maximum Gasteiger partial charge on any atom is 0.109 e. The second-order valence-electron chi connectivity index (χ2n) is 4.89. The lowest BCUT2D eigenvalue weighted by atomic mass is 9.89. The van der Waals surface area contributed by atoms with Crippen LogP contribution in [-0.4, -0.2) is 35.6 Å². The molecule has 1 fully saturated rings. The predicted octanol–water partition coefficient (Wildman–Crippen LogP) is 2.28. The molecule has 3 nitrogen and oxygen atoms in total. The molecule has 2 rings (SSSR count). The van der Waals surface area contributed by atoms with Crippen molar-refractivity contribution in [2.75, 3.05) is 20.1 Å². The van der Waals surface area contributed by atoms with Crippen molar-refractivity contribution >= 4 is 11.3 Å². The first-order valence-corrected chi connectivity index (χ1v) is 6.85. The third-order valence-electron chi connectivity index (χ3n) is 3.86. The molecule has 1 aliphatic heterocycles. The van der Waals surface area contributed by atoms with Gasteiger partial charge in [-0.3, -0.25) is 4.90 Å².